The van der Waals surface area contributed by atoms with E-state index in [1.807, 2.05) is 6.08 Å². The molecular weight excluding hydrogens is 1030 g/mol. The molecule has 2 aliphatic heterocycles. The summed E-state index contributed by atoms with van der Waals surface area (Å²) in [6.45, 7) is 2.82. The standard InChI is InChI=1S/C67H129NO13/c1-3-5-7-9-11-13-15-16-17-18-19-20-21-22-23-24-25-26-27-28-29-30-31-32-33-34-35-36-37-38-39-41-43-45-47-49-51-59(72)68-55(56(71)50-48-46-44-42-40-14-12-10-8-6-4-2)54-78-66-64(77)62(75)65(58(53-70)80-66)81-67-63(76)61(74)60(73)57(52-69)79-67/h48,50,55-58,60-67,69-71,73-77H,3-47,49,51-54H2,1-2H3,(H,68,72)/b50-48+. The quantitative estimate of drug-likeness (QED) is 0.0204. The molecule has 0 aromatic heterocycles. The van der Waals surface area contributed by atoms with Crippen molar-refractivity contribution in [2.45, 2.75) is 389 Å². The van der Waals surface area contributed by atoms with Gasteiger partial charge in [0.2, 0.25) is 5.91 Å². The molecule has 9 N–H and O–H groups in total. The Labute approximate surface area is 495 Å². The van der Waals surface area contributed by atoms with Crippen molar-refractivity contribution in [3.8, 4) is 0 Å². The number of rotatable bonds is 57. The third kappa shape index (κ3) is 37.8. The van der Waals surface area contributed by atoms with Crippen LogP contribution in [-0.4, -0.2) is 140 Å². The Morgan fingerprint density at radius 1 is 0.432 bits per heavy atom. The van der Waals surface area contributed by atoms with Crippen LogP contribution < -0.4 is 5.32 Å². The third-order valence-corrected chi connectivity index (χ3v) is 17.2. The fraction of sp³-hybridized carbons (Fsp3) is 0.955. The minimum absolute atomic E-state index is 0.234. The van der Waals surface area contributed by atoms with E-state index < -0.39 is 86.8 Å². The van der Waals surface area contributed by atoms with Crippen molar-refractivity contribution in [3.05, 3.63) is 12.2 Å². The lowest BCUT2D eigenvalue weighted by Crippen LogP contribution is -2.65. The third-order valence-electron chi connectivity index (χ3n) is 17.2. The Kier molecular flexibility index (Phi) is 49.6. The number of hydrogen-bond acceptors (Lipinski definition) is 13. The normalized spacial score (nSPS) is 24.1. The Balaban J connectivity index is 1.55. The minimum atomic E-state index is -1.79. The Bertz CT molecular complexity index is 1410. The van der Waals surface area contributed by atoms with Crippen LogP contribution in [0.1, 0.15) is 316 Å². The molecule has 2 saturated heterocycles. The molecule has 2 fully saturated rings. The lowest BCUT2D eigenvalue weighted by Gasteiger charge is -2.46. The molecule has 12 unspecified atom stereocenters. The van der Waals surface area contributed by atoms with Crippen molar-refractivity contribution in [1.82, 2.24) is 5.32 Å². The van der Waals surface area contributed by atoms with Crippen molar-refractivity contribution >= 4 is 5.91 Å². The maximum atomic E-state index is 13.3. The number of carbonyl (C=O) groups is 1. The molecule has 0 saturated carbocycles. The first-order chi connectivity index (χ1) is 39.6. The van der Waals surface area contributed by atoms with E-state index in [-0.39, 0.29) is 18.9 Å². The number of aliphatic hydroxyl groups is 8. The van der Waals surface area contributed by atoms with E-state index in [9.17, 15) is 45.6 Å². The maximum absolute atomic E-state index is 13.3. The molecule has 0 radical (unpaired) electrons. The van der Waals surface area contributed by atoms with E-state index in [2.05, 4.69) is 19.2 Å². The topological polar surface area (TPSA) is 228 Å². The monoisotopic (exact) mass is 1160 g/mol. The first kappa shape index (κ1) is 75.8. The van der Waals surface area contributed by atoms with Crippen LogP contribution in [0.2, 0.25) is 0 Å². The summed E-state index contributed by atoms with van der Waals surface area (Å²) in [5, 5.41) is 87.0. The van der Waals surface area contributed by atoms with Gasteiger partial charge < -0.3 is 65.1 Å². The number of carbonyl (C=O) groups excluding carboxylic acids is 1. The molecule has 480 valence electrons. The summed E-state index contributed by atoms with van der Waals surface area (Å²) in [5.74, 6) is -0.234. The van der Waals surface area contributed by atoms with Gasteiger partial charge in [0.15, 0.2) is 12.6 Å². The van der Waals surface area contributed by atoms with Crippen molar-refractivity contribution in [2.75, 3.05) is 19.8 Å². The number of unbranched alkanes of at least 4 members (excludes halogenated alkanes) is 44. The molecule has 0 aromatic carbocycles. The van der Waals surface area contributed by atoms with Gasteiger partial charge in [0, 0.05) is 6.42 Å². The van der Waals surface area contributed by atoms with Gasteiger partial charge in [-0.3, -0.25) is 4.79 Å². The van der Waals surface area contributed by atoms with Gasteiger partial charge >= 0.3 is 0 Å². The summed E-state index contributed by atoms with van der Waals surface area (Å²) in [5.41, 5.74) is 0. The van der Waals surface area contributed by atoms with Gasteiger partial charge in [-0.1, -0.05) is 302 Å². The van der Waals surface area contributed by atoms with Gasteiger partial charge in [0.1, 0.15) is 48.8 Å². The van der Waals surface area contributed by atoms with E-state index in [0.29, 0.717) is 6.42 Å². The van der Waals surface area contributed by atoms with Crippen LogP contribution in [0.5, 0.6) is 0 Å². The molecule has 2 rings (SSSR count). The van der Waals surface area contributed by atoms with Crippen molar-refractivity contribution in [1.29, 1.82) is 0 Å². The second-order valence-electron chi connectivity index (χ2n) is 24.7. The van der Waals surface area contributed by atoms with E-state index in [0.717, 1.165) is 38.5 Å². The number of allylic oxidation sites excluding steroid dienone is 1. The molecule has 2 heterocycles. The molecule has 0 spiro atoms. The Morgan fingerprint density at radius 2 is 0.765 bits per heavy atom. The van der Waals surface area contributed by atoms with Gasteiger partial charge in [-0.15, -0.1) is 0 Å². The Hall–Kier alpha value is -1.27. The zero-order valence-electron chi connectivity index (χ0n) is 52.1. The first-order valence-corrected chi connectivity index (χ1v) is 34.4. The summed E-state index contributed by atoms with van der Waals surface area (Å²) in [6.07, 6.45) is 47.4. The highest BCUT2D eigenvalue weighted by molar-refractivity contribution is 5.76. The maximum Gasteiger partial charge on any atom is 0.220 e. The fourth-order valence-electron chi connectivity index (χ4n) is 11.7. The van der Waals surface area contributed by atoms with Crippen LogP contribution in [0.4, 0.5) is 0 Å². The zero-order chi connectivity index (χ0) is 58.8. The average Bonchev–Trinajstić information content (AvgIpc) is 3.54. The van der Waals surface area contributed by atoms with Gasteiger partial charge in [-0.05, 0) is 19.3 Å². The molecule has 0 aliphatic carbocycles. The van der Waals surface area contributed by atoms with Crippen molar-refractivity contribution in [3.63, 3.8) is 0 Å². The number of nitrogens with one attached hydrogen (secondary N) is 1. The van der Waals surface area contributed by atoms with Gasteiger partial charge in [0.05, 0.1) is 32.0 Å². The van der Waals surface area contributed by atoms with E-state index >= 15 is 0 Å². The summed E-state index contributed by atoms with van der Waals surface area (Å²) in [6, 6.07) is -0.909. The number of hydrogen-bond donors (Lipinski definition) is 9. The van der Waals surface area contributed by atoms with Crippen LogP contribution in [0.15, 0.2) is 12.2 Å². The largest absolute Gasteiger partial charge is 0.394 e. The van der Waals surface area contributed by atoms with E-state index in [4.69, 9.17) is 18.9 Å². The van der Waals surface area contributed by atoms with Gasteiger partial charge in [0.25, 0.3) is 0 Å². The van der Waals surface area contributed by atoms with Crippen LogP contribution in [0, 0.1) is 0 Å². The predicted octanol–water partition coefficient (Wildman–Crippen LogP) is 13.4. The molecule has 0 bridgehead atoms. The minimum Gasteiger partial charge on any atom is -0.394 e. The zero-order valence-corrected chi connectivity index (χ0v) is 52.1. The summed E-state index contributed by atoms with van der Waals surface area (Å²) < 4.78 is 22.8. The molecular formula is C67H129NO13. The predicted molar refractivity (Wildman–Crippen MR) is 328 cm³/mol. The lowest BCUT2D eigenvalue weighted by atomic mass is 9.97. The fourth-order valence-corrected chi connectivity index (χ4v) is 11.7. The highest BCUT2D eigenvalue weighted by Gasteiger charge is 2.51. The first-order valence-electron chi connectivity index (χ1n) is 34.4. The second kappa shape index (κ2) is 53.0. The number of aliphatic hydroxyl groups excluding tert-OH is 8. The number of amides is 1. The van der Waals surface area contributed by atoms with E-state index in [1.165, 1.54) is 250 Å². The number of ether oxygens (including phenoxy) is 4. The summed E-state index contributed by atoms with van der Waals surface area (Å²) >= 11 is 0. The van der Waals surface area contributed by atoms with Crippen LogP contribution in [0.25, 0.3) is 0 Å². The van der Waals surface area contributed by atoms with Crippen LogP contribution in [0.3, 0.4) is 0 Å². The lowest BCUT2D eigenvalue weighted by molar-refractivity contribution is -0.359. The molecule has 14 nitrogen and oxygen atoms in total. The van der Waals surface area contributed by atoms with Gasteiger partial charge in [-0.2, -0.15) is 0 Å². The summed E-state index contributed by atoms with van der Waals surface area (Å²) in [7, 11) is 0. The molecule has 2 aliphatic rings. The SMILES string of the molecule is CCCCCCCCCCC/C=C/C(O)C(COC1OC(CO)C(OC2OC(CO)C(O)C(O)C2O)C(O)C1O)NC(=O)CCCCCCCCCCCCCCCCCCCCCCCCCCCCCCCCCCCCCC. The van der Waals surface area contributed by atoms with Gasteiger partial charge in [-0.25, -0.2) is 0 Å². The second-order valence-corrected chi connectivity index (χ2v) is 24.7. The van der Waals surface area contributed by atoms with Crippen LogP contribution >= 0.6 is 0 Å². The highest BCUT2D eigenvalue weighted by atomic mass is 16.7. The summed E-state index contributed by atoms with van der Waals surface area (Å²) in [4.78, 5) is 13.3. The molecule has 12 atom stereocenters. The molecule has 14 heteroatoms. The molecule has 1 amide bonds. The highest BCUT2D eigenvalue weighted by Crippen LogP contribution is 2.30. The molecule has 0 aromatic rings. The van der Waals surface area contributed by atoms with Crippen molar-refractivity contribution in [2.24, 2.45) is 0 Å². The van der Waals surface area contributed by atoms with Crippen LogP contribution in [-0.2, 0) is 23.7 Å². The average molecular weight is 1160 g/mol. The van der Waals surface area contributed by atoms with Crippen molar-refractivity contribution < 1.29 is 64.6 Å². The molecule has 81 heavy (non-hydrogen) atoms. The smallest absolute Gasteiger partial charge is 0.220 e. The Morgan fingerprint density at radius 3 is 1.14 bits per heavy atom. The van der Waals surface area contributed by atoms with E-state index in [1.54, 1.807) is 6.08 Å².